The van der Waals surface area contributed by atoms with Crippen LogP contribution >= 0.6 is 10.7 Å². The Kier molecular flexibility index (Phi) is 4.12. The van der Waals surface area contributed by atoms with Crippen molar-refractivity contribution in [2.45, 2.75) is 9.92 Å². The van der Waals surface area contributed by atoms with Crippen molar-refractivity contribution in [2.75, 3.05) is 11.8 Å². The Labute approximate surface area is 125 Å². The van der Waals surface area contributed by atoms with Crippen LogP contribution in [0.4, 0.5) is 5.69 Å². The number of aromatic amines is 1. The third-order valence-corrected chi connectivity index (χ3v) is 5.11. The number of methoxy groups -OCH3 is 1. The molecule has 0 fully saturated rings. The van der Waals surface area contributed by atoms with Crippen molar-refractivity contribution in [1.29, 1.82) is 0 Å². The first-order chi connectivity index (χ1) is 9.74. The van der Waals surface area contributed by atoms with Crippen LogP contribution in [-0.2, 0) is 19.1 Å². The molecule has 0 atom stereocenters. The van der Waals surface area contributed by atoms with E-state index in [1.807, 2.05) is 0 Å². The van der Waals surface area contributed by atoms with Crippen LogP contribution in [0.5, 0.6) is 5.75 Å². The highest BCUT2D eigenvalue weighted by atomic mass is 35.7. The number of H-pyrrole nitrogens is 1. The lowest BCUT2D eigenvalue weighted by Crippen LogP contribution is -2.14. The lowest BCUT2D eigenvalue weighted by atomic mass is 10.3. The Balaban J connectivity index is 2.48. The number of rotatable bonds is 5. The van der Waals surface area contributed by atoms with Gasteiger partial charge in [0.15, 0.2) is 5.03 Å². The van der Waals surface area contributed by atoms with Gasteiger partial charge in [-0.25, -0.2) is 8.42 Å². The Morgan fingerprint density at radius 2 is 1.95 bits per heavy atom. The first-order valence-electron chi connectivity index (χ1n) is 5.39. The van der Waals surface area contributed by atoms with Crippen LogP contribution in [0, 0.1) is 0 Å². The molecule has 0 bridgehead atoms. The summed E-state index contributed by atoms with van der Waals surface area (Å²) in [5, 5.41) is 5.65. The Hall–Kier alpha value is -1.78. The summed E-state index contributed by atoms with van der Waals surface area (Å²) in [7, 11) is -1.40. The highest BCUT2D eigenvalue weighted by molar-refractivity contribution is 8.13. The van der Waals surface area contributed by atoms with Crippen molar-refractivity contribution in [1.82, 2.24) is 10.2 Å². The van der Waals surface area contributed by atoms with E-state index in [9.17, 15) is 16.8 Å². The summed E-state index contributed by atoms with van der Waals surface area (Å²) in [5.41, 5.74) is -0.0613. The summed E-state index contributed by atoms with van der Waals surface area (Å²) in [6.45, 7) is 0. The Bertz CT molecular complexity index is 847. The minimum atomic E-state index is -4.00. The number of aromatic nitrogens is 2. The zero-order chi connectivity index (χ0) is 15.7. The van der Waals surface area contributed by atoms with Crippen LogP contribution in [0.2, 0.25) is 0 Å². The van der Waals surface area contributed by atoms with Gasteiger partial charge >= 0.3 is 0 Å². The molecule has 1 aromatic carbocycles. The van der Waals surface area contributed by atoms with E-state index in [1.165, 1.54) is 31.5 Å². The normalized spacial score (nSPS) is 12.1. The zero-order valence-corrected chi connectivity index (χ0v) is 13.0. The first kappa shape index (κ1) is 15.6. The highest BCUT2D eigenvalue weighted by Gasteiger charge is 2.20. The first-order valence-corrected chi connectivity index (χ1v) is 9.18. The number of anilines is 1. The molecule has 8 nitrogen and oxygen atoms in total. The SMILES string of the molecule is COc1ccc(S(=O)(=O)Cl)cc1NS(=O)(=O)c1ccn[nH]1. The molecular formula is C10H10ClN3O5S2. The number of hydrogen-bond donors (Lipinski definition) is 2. The fraction of sp³-hybridized carbons (Fsp3) is 0.100. The van der Waals surface area contributed by atoms with Crippen molar-refractivity contribution >= 4 is 35.4 Å². The molecule has 114 valence electrons. The van der Waals surface area contributed by atoms with Gasteiger partial charge in [0.25, 0.3) is 19.1 Å². The number of nitrogens with zero attached hydrogens (tertiary/aromatic N) is 1. The van der Waals surface area contributed by atoms with Crippen LogP contribution in [0.3, 0.4) is 0 Å². The van der Waals surface area contributed by atoms with Gasteiger partial charge in [0.05, 0.1) is 23.9 Å². The third-order valence-electron chi connectivity index (χ3n) is 2.46. The van der Waals surface area contributed by atoms with Crippen LogP contribution < -0.4 is 9.46 Å². The molecule has 0 spiro atoms. The molecule has 1 heterocycles. The van der Waals surface area contributed by atoms with Gasteiger partial charge in [-0.3, -0.25) is 9.82 Å². The lowest BCUT2D eigenvalue weighted by Gasteiger charge is -2.11. The maximum Gasteiger partial charge on any atom is 0.278 e. The second-order valence-electron chi connectivity index (χ2n) is 3.83. The molecule has 0 saturated carbocycles. The average Bonchev–Trinajstić information content (AvgIpc) is 2.91. The summed E-state index contributed by atoms with van der Waals surface area (Å²) < 4.78 is 54.0. The quantitative estimate of drug-likeness (QED) is 0.780. The van der Waals surface area contributed by atoms with Crippen molar-refractivity contribution in [2.24, 2.45) is 0 Å². The van der Waals surface area contributed by atoms with Gasteiger partial charge in [-0.2, -0.15) is 13.5 Å². The molecule has 0 aliphatic heterocycles. The average molecular weight is 352 g/mol. The predicted molar refractivity (Wildman–Crippen MR) is 75.4 cm³/mol. The van der Waals surface area contributed by atoms with Crippen molar-refractivity contribution in [3.8, 4) is 5.75 Å². The third kappa shape index (κ3) is 3.46. The van der Waals surface area contributed by atoms with Crippen LogP contribution in [0.25, 0.3) is 0 Å². The second kappa shape index (κ2) is 5.54. The van der Waals surface area contributed by atoms with E-state index in [0.717, 1.165) is 6.07 Å². The molecule has 2 rings (SSSR count). The van der Waals surface area contributed by atoms with Crippen molar-refractivity contribution < 1.29 is 21.6 Å². The maximum absolute atomic E-state index is 12.1. The van der Waals surface area contributed by atoms with Gasteiger partial charge in [-0.05, 0) is 24.3 Å². The van der Waals surface area contributed by atoms with E-state index in [-0.39, 0.29) is 21.4 Å². The minimum absolute atomic E-state index is 0.0613. The number of hydrogen-bond acceptors (Lipinski definition) is 6. The summed E-state index contributed by atoms with van der Waals surface area (Å²) in [6.07, 6.45) is 1.27. The molecule has 11 heteroatoms. The summed E-state index contributed by atoms with van der Waals surface area (Å²) in [6, 6.07) is 4.81. The van der Waals surface area contributed by atoms with Crippen molar-refractivity contribution in [3.05, 3.63) is 30.5 Å². The Morgan fingerprint density at radius 3 is 2.48 bits per heavy atom. The fourth-order valence-corrected chi connectivity index (χ4v) is 3.26. The molecule has 0 aliphatic carbocycles. The predicted octanol–water partition coefficient (Wildman–Crippen LogP) is 1.15. The van der Waals surface area contributed by atoms with E-state index in [4.69, 9.17) is 15.4 Å². The van der Waals surface area contributed by atoms with Crippen LogP contribution in [0.1, 0.15) is 0 Å². The van der Waals surface area contributed by atoms with E-state index in [0.29, 0.717) is 0 Å². The second-order valence-corrected chi connectivity index (χ2v) is 8.04. The minimum Gasteiger partial charge on any atom is -0.495 e. The summed E-state index contributed by atoms with van der Waals surface area (Å²) in [5.74, 6) is 0.141. The largest absolute Gasteiger partial charge is 0.495 e. The summed E-state index contributed by atoms with van der Waals surface area (Å²) >= 11 is 0. The molecule has 2 aromatic rings. The van der Waals surface area contributed by atoms with Crippen LogP contribution in [0.15, 0.2) is 40.4 Å². The van der Waals surface area contributed by atoms with Gasteiger partial charge in [0.1, 0.15) is 5.75 Å². The van der Waals surface area contributed by atoms with Gasteiger partial charge in [-0.1, -0.05) is 0 Å². The standard InChI is InChI=1S/C10H10ClN3O5S2/c1-19-9-3-2-7(20(11,15)16)6-8(9)14-21(17,18)10-4-5-12-13-10/h2-6,14H,1H3,(H,12,13). The number of sulfonamides is 1. The van der Waals surface area contributed by atoms with E-state index in [2.05, 4.69) is 14.9 Å². The van der Waals surface area contributed by atoms with Gasteiger partial charge in [0.2, 0.25) is 0 Å². The van der Waals surface area contributed by atoms with Gasteiger partial charge in [0, 0.05) is 10.7 Å². The molecule has 0 amide bonds. The molecule has 0 saturated heterocycles. The van der Waals surface area contributed by atoms with E-state index in [1.54, 1.807) is 0 Å². The fourth-order valence-electron chi connectivity index (χ4n) is 1.51. The number of ether oxygens (including phenoxy) is 1. The molecule has 0 unspecified atom stereocenters. The molecule has 21 heavy (non-hydrogen) atoms. The molecular weight excluding hydrogens is 342 g/mol. The van der Waals surface area contributed by atoms with Crippen LogP contribution in [-0.4, -0.2) is 34.1 Å². The molecule has 2 N–H and O–H groups in total. The van der Waals surface area contributed by atoms with Crippen molar-refractivity contribution in [3.63, 3.8) is 0 Å². The number of halogens is 1. The van der Waals surface area contributed by atoms with E-state index >= 15 is 0 Å². The van der Waals surface area contributed by atoms with E-state index < -0.39 is 19.1 Å². The molecule has 1 aromatic heterocycles. The topological polar surface area (TPSA) is 118 Å². The lowest BCUT2D eigenvalue weighted by molar-refractivity contribution is 0.416. The highest BCUT2D eigenvalue weighted by Crippen LogP contribution is 2.30. The Morgan fingerprint density at radius 1 is 1.24 bits per heavy atom. The molecule has 0 aliphatic rings. The number of benzene rings is 1. The van der Waals surface area contributed by atoms with Gasteiger partial charge in [-0.15, -0.1) is 0 Å². The maximum atomic E-state index is 12.1. The number of nitrogens with one attached hydrogen (secondary N) is 2. The monoisotopic (exact) mass is 351 g/mol. The zero-order valence-electron chi connectivity index (χ0n) is 10.6. The smallest absolute Gasteiger partial charge is 0.278 e. The van der Waals surface area contributed by atoms with Gasteiger partial charge < -0.3 is 4.74 Å². The summed E-state index contributed by atoms with van der Waals surface area (Å²) in [4.78, 5) is -0.257. The molecule has 0 radical (unpaired) electrons.